The lowest BCUT2D eigenvalue weighted by molar-refractivity contribution is -0.141. The number of anilines is 2. The van der Waals surface area contributed by atoms with Crippen LogP contribution in [0.5, 0.6) is 0 Å². The van der Waals surface area contributed by atoms with E-state index in [1.54, 1.807) is 0 Å². The number of hydrogen-bond donors (Lipinski definition) is 17. The second-order valence-corrected chi connectivity index (χ2v) is 17.2. The van der Waals surface area contributed by atoms with Gasteiger partial charge in [-0.15, -0.1) is 0 Å². The summed E-state index contributed by atoms with van der Waals surface area (Å²) in [6.07, 6.45) is -13.7. The molecule has 2 amide bonds. The number of amides is 2. The monoisotopic (exact) mass is 980 g/mol. The maximum atomic E-state index is 13.0. The number of carbonyl (C=O) groups is 2. The number of hydrogen-bond acceptors (Lipinski definition) is 19. The van der Waals surface area contributed by atoms with Crippen molar-refractivity contribution in [2.75, 3.05) is 37.8 Å². The zero-order chi connectivity index (χ0) is 50.5. The highest BCUT2D eigenvalue weighted by atomic mass is 35.5. The molecule has 0 unspecified atom stereocenters. The van der Waals surface area contributed by atoms with Gasteiger partial charge < -0.3 is 83.8 Å². The van der Waals surface area contributed by atoms with E-state index >= 15 is 0 Å². The molecule has 0 aliphatic carbocycles. The first-order chi connectivity index (χ1) is 32.3. The number of carbonyl (C=O) groups excluding carboxylic acids is 2. The number of nitrogens with one attached hydrogen (secondary N) is 2. The van der Waals surface area contributed by atoms with Crippen LogP contribution in [0.25, 0.3) is 11.1 Å². The van der Waals surface area contributed by atoms with E-state index in [1.807, 2.05) is 48.5 Å². The minimum absolute atomic E-state index is 0.0424. The summed E-state index contributed by atoms with van der Waals surface area (Å²) in [5.41, 5.74) is 20.9. The van der Waals surface area contributed by atoms with Crippen molar-refractivity contribution in [1.82, 2.24) is 20.6 Å². The van der Waals surface area contributed by atoms with Crippen LogP contribution in [0, 0.1) is 5.92 Å². The predicted molar refractivity (Wildman–Crippen MR) is 251 cm³/mol. The van der Waals surface area contributed by atoms with E-state index in [1.165, 1.54) is 0 Å². The predicted octanol–water partition coefficient (Wildman–Crippen LogP) is -2.37. The van der Waals surface area contributed by atoms with E-state index in [2.05, 4.69) is 25.6 Å². The van der Waals surface area contributed by atoms with Crippen LogP contribution in [-0.2, 0) is 17.6 Å². The van der Waals surface area contributed by atoms with E-state index in [0.717, 1.165) is 35.1 Å². The average molecular weight is 982 g/mol. The summed E-state index contributed by atoms with van der Waals surface area (Å²) in [6, 6.07) is 16.0. The molecule has 1 aromatic heterocycles. The molecule has 3 aromatic rings. The first kappa shape index (κ1) is 57.7. The Labute approximate surface area is 399 Å². The average Bonchev–Trinajstić information content (AvgIpc) is 3.33. The molecule has 3 rings (SSSR count). The topological polar surface area (TPSA) is 417 Å². The van der Waals surface area contributed by atoms with Crippen LogP contribution in [0.1, 0.15) is 79.4 Å². The lowest BCUT2D eigenvalue weighted by atomic mass is 9.90. The van der Waals surface area contributed by atoms with Gasteiger partial charge in [-0.25, -0.2) is 9.97 Å². The Hall–Kier alpha value is -4.66. The molecule has 0 fully saturated rings. The molecule has 0 aliphatic heterocycles. The maximum Gasteiger partial charge on any atom is 0.280 e. The summed E-state index contributed by atoms with van der Waals surface area (Å²) >= 11 is 5.83. The van der Waals surface area contributed by atoms with Crippen molar-refractivity contribution in [3.63, 3.8) is 0 Å². The van der Waals surface area contributed by atoms with Crippen molar-refractivity contribution in [3.05, 3.63) is 70.5 Å². The molecule has 22 nitrogen and oxygen atoms in total. The number of guanidine groups is 1. The third-order valence-corrected chi connectivity index (χ3v) is 11.8. The van der Waals surface area contributed by atoms with Crippen molar-refractivity contribution >= 4 is 41.0 Å². The molecule has 68 heavy (non-hydrogen) atoms. The third-order valence-electron chi connectivity index (χ3n) is 11.6. The van der Waals surface area contributed by atoms with Crippen LogP contribution in [-0.4, -0.2) is 176 Å². The van der Waals surface area contributed by atoms with E-state index in [9.17, 15) is 60.7 Å². The SMILES string of the molecule is NC(=NCCCCc1ccc(-c2ccc(CCC(=O)NCC(CCC[C@H](O)[C@H](O)[C@@H](O)[C@H](O)[C@H](O)CO)CCC[C@H](O)[C@H](O)[C@@H](O)[C@H](O)[C@H](O)CO)cc2)cc1)NC(=O)c1nc(Cl)c(N)nc1N. The Bertz CT molecular complexity index is 1970. The Morgan fingerprint density at radius 2 is 1.07 bits per heavy atom. The van der Waals surface area contributed by atoms with Crippen molar-refractivity contribution < 1.29 is 70.9 Å². The number of nitrogen functional groups attached to an aromatic ring is 2. The van der Waals surface area contributed by atoms with E-state index in [0.29, 0.717) is 32.2 Å². The smallest absolute Gasteiger partial charge is 0.280 e. The van der Waals surface area contributed by atoms with E-state index in [-0.39, 0.29) is 78.9 Å². The molecule has 10 atom stereocenters. The van der Waals surface area contributed by atoms with Gasteiger partial charge in [-0.2, -0.15) is 0 Å². The summed E-state index contributed by atoms with van der Waals surface area (Å²) in [6.45, 7) is -1.18. The number of nitrogens with zero attached hydrogens (tertiary/aromatic N) is 3. The van der Waals surface area contributed by atoms with Crippen LogP contribution in [0.3, 0.4) is 0 Å². The van der Waals surface area contributed by atoms with E-state index < -0.39 is 80.2 Å². The van der Waals surface area contributed by atoms with Gasteiger partial charge in [0.15, 0.2) is 28.4 Å². The number of aromatic nitrogens is 2. The van der Waals surface area contributed by atoms with Crippen LogP contribution in [0.15, 0.2) is 53.5 Å². The summed E-state index contributed by atoms with van der Waals surface area (Å²) in [4.78, 5) is 37.2. The summed E-state index contributed by atoms with van der Waals surface area (Å²) in [5, 5.41) is 124. The minimum Gasteiger partial charge on any atom is -0.394 e. The molecule has 0 saturated carbocycles. The lowest BCUT2D eigenvalue weighted by Gasteiger charge is -2.29. The number of halogens is 1. The van der Waals surface area contributed by atoms with Gasteiger partial charge in [0.25, 0.3) is 5.91 Å². The molecule has 0 radical (unpaired) electrons. The summed E-state index contributed by atoms with van der Waals surface area (Å²) in [5.74, 6) is -1.57. The van der Waals surface area contributed by atoms with Crippen LogP contribution < -0.4 is 27.8 Å². The molecule has 0 aliphatic rings. The number of unbranched alkanes of at least 4 members (excludes halogenated alkanes) is 1. The zero-order valence-corrected chi connectivity index (χ0v) is 38.5. The molecule has 0 spiro atoms. The number of aryl methyl sites for hydroxylation is 2. The molecule has 0 saturated heterocycles. The molecule has 2 aromatic carbocycles. The Morgan fingerprint density at radius 3 is 1.56 bits per heavy atom. The fraction of sp³-hybridized carbons (Fsp3) is 0.578. The Morgan fingerprint density at radius 1 is 0.603 bits per heavy atom. The van der Waals surface area contributed by atoms with Gasteiger partial charge in [0.2, 0.25) is 5.91 Å². The van der Waals surface area contributed by atoms with Crippen LogP contribution in [0.2, 0.25) is 5.15 Å². The molecular formula is C45H69ClN8O14. The third kappa shape index (κ3) is 18.7. The first-order valence-corrected chi connectivity index (χ1v) is 22.8. The van der Waals surface area contributed by atoms with Gasteiger partial charge in [0.1, 0.15) is 48.8 Å². The number of rotatable bonds is 30. The highest BCUT2D eigenvalue weighted by molar-refractivity contribution is 6.31. The number of aliphatic hydroxyl groups is 12. The second kappa shape index (κ2) is 29.4. The van der Waals surface area contributed by atoms with E-state index in [4.69, 9.17) is 39.0 Å². The van der Waals surface area contributed by atoms with Gasteiger partial charge in [-0.05, 0) is 79.5 Å². The first-order valence-electron chi connectivity index (χ1n) is 22.4. The number of aliphatic imine (C=N–C) groups is 1. The summed E-state index contributed by atoms with van der Waals surface area (Å²) < 4.78 is 0. The maximum absolute atomic E-state index is 13.0. The number of benzene rings is 2. The van der Waals surface area contributed by atoms with Gasteiger partial charge in [-0.3, -0.25) is 19.9 Å². The quantitative estimate of drug-likeness (QED) is 0.0188. The van der Waals surface area contributed by atoms with Crippen molar-refractivity contribution in [1.29, 1.82) is 0 Å². The Kier molecular flexibility index (Phi) is 24.9. The zero-order valence-electron chi connectivity index (χ0n) is 37.7. The molecule has 1 heterocycles. The fourth-order valence-corrected chi connectivity index (χ4v) is 7.37. The van der Waals surface area contributed by atoms with Crippen molar-refractivity contribution in [2.45, 2.75) is 132 Å². The van der Waals surface area contributed by atoms with Crippen molar-refractivity contribution in [2.24, 2.45) is 16.6 Å². The minimum atomic E-state index is -1.94. The van der Waals surface area contributed by atoms with Crippen LogP contribution >= 0.6 is 11.6 Å². The normalized spacial score (nSPS) is 16.5. The molecular weight excluding hydrogens is 912 g/mol. The highest BCUT2D eigenvalue weighted by Gasteiger charge is 2.35. The molecule has 0 bridgehead atoms. The summed E-state index contributed by atoms with van der Waals surface area (Å²) in [7, 11) is 0. The number of aliphatic hydroxyl groups excluding tert-OH is 12. The van der Waals surface area contributed by atoms with Crippen LogP contribution in [0.4, 0.5) is 11.6 Å². The molecule has 380 valence electrons. The van der Waals surface area contributed by atoms with Crippen molar-refractivity contribution in [3.8, 4) is 11.1 Å². The number of nitrogens with two attached hydrogens (primary N) is 3. The Balaban J connectivity index is 1.47. The molecule has 20 N–H and O–H groups in total. The largest absolute Gasteiger partial charge is 0.394 e. The lowest BCUT2D eigenvalue weighted by Crippen LogP contribution is -2.50. The standard InChI is InChI=1S/C45H69ClN8O14/c46-41-43(48)53-42(47)34(52-41)44(68)54-45(49)50-20-2-1-5-24-10-15-27(16-11-24)28-17-12-25(13-18-28)14-19-33(61)51-21-26(6-3-8-29(57)35(62)39(66)37(64)31(59)22-55)7-4-9-30(58)36(63)40(67)38(65)32(60)23-56/h10-13,15-18,26,29-32,35-40,55-60,62-67H,1-9,14,19-23H2,(H,51,61)(H4,47,48,53)(H3,49,50,54,68)/t29-,30-,31+,32+,35-,36-,37+,38+,39+,40+/m0/s1. The van der Waals surface area contributed by atoms with Gasteiger partial charge in [0.05, 0.1) is 25.4 Å². The second-order valence-electron chi connectivity index (χ2n) is 16.8. The fourth-order valence-electron chi connectivity index (χ4n) is 7.25. The van der Waals surface area contributed by atoms with Gasteiger partial charge in [-0.1, -0.05) is 73.0 Å². The van der Waals surface area contributed by atoms with Gasteiger partial charge in [0, 0.05) is 19.5 Å². The van der Waals surface area contributed by atoms with Gasteiger partial charge >= 0.3 is 0 Å². The highest BCUT2D eigenvalue weighted by Crippen LogP contribution is 2.24. The molecule has 23 heteroatoms.